The van der Waals surface area contributed by atoms with Gasteiger partial charge in [-0.25, -0.2) is 0 Å². The van der Waals surface area contributed by atoms with E-state index in [2.05, 4.69) is 39.9 Å². The van der Waals surface area contributed by atoms with Gasteiger partial charge < -0.3 is 10.2 Å². The summed E-state index contributed by atoms with van der Waals surface area (Å²) in [6.07, 6.45) is 3.95. The van der Waals surface area contributed by atoms with Gasteiger partial charge in [-0.05, 0) is 31.6 Å². The van der Waals surface area contributed by atoms with Gasteiger partial charge in [-0.1, -0.05) is 34.6 Å². The van der Waals surface area contributed by atoms with E-state index in [1.165, 1.54) is 0 Å². The van der Waals surface area contributed by atoms with Gasteiger partial charge in [-0.3, -0.25) is 9.59 Å². The predicted molar refractivity (Wildman–Crippen MR) is 81.3 cm³/mol. The normalized spacial score (nSPS) is 21.1. The van der Waals surface area contributed by atoms with E-state index >= 15 is 0 Å². The minimum atomic E-state index is -0.353. The highest BCUT2D eigenvalue weighted by atomic mass is 16.2. The van der Waals surface area contributed by atoms with Gasteiger partial charge in [0.15, 0.2) is 0 Å². The van der Waals surface area contributed by atoms with Crippen molar-refractivity contribution in [1.82, 2.24) is 10.2 Å². The second-order valence-electron chi connectivity index (χ2n) is 6.27. The molecule has 4 heteroatoms. The number of carbonyl (C=O) groups is 2. The summed E-state index contributed by atoms with van der Waals surface area (Å²) in [6, 6.07) is -0.353. The van der Waals surface area contributed by atoms with Crippen molar-refractivity contribution in [2.75, 3.05) is 6.54 Å². The fourth-order valence-electron chi connectivity index (χ4n) is 3.26. The zero-order valence-corrected chi connectivity index (χ0v) is 13.7. The first-order chi connectivity index (χ1) is 9.40. The van der Waals surface area contributed by atoms with Crippen molar-refractivity contribution in [2.45, 2.75) is 78.3 Å². The van der Waals surface area contributed by atoms with Gasteiger partial charge in [0.05, 0.1) is 0 Å². The Morgan fingerprint density at radius 2 is 1.75 bits per heavy atom. The highest BCUT2D eigenvalue weighted by Gasteiger charge is 2.40. The maximum absolute atomic E-state index is 12.9. The lowest BCUT2D eigenvalue weighted by Crippen LogP contribution is -2.55. The molecule has 1 aliphatic rings. The molecular formula is C16H30N2O2. The third-order valence-electron chi connectivity index (χ3n) is 4.72. The van der Waals surface area contributed by atoms with Gasteiger partial charge in [-0.2, -0.15) is 0 Å². The molecule has 2 amide bonds. The minimum absolute atomic E-state index is 0.00343. The van der Waals surface area contributed by atoms with Crippen molar-refractivity contribution < 1.29 is 9.59 Å². The van der Waals surface area contributed by atoms with Gasteiger partial charge in [0.2, 0.25) is 11.8 Å². The Hall–Kier alpha value is -1.06. The lowest BCUT2D eigenvalue weighted by Gasteiger charge is -2.43. The molecule has 0 aliphatic carbocycles. The molecule has 4 nitrogen and oxygen atoms in total. The van der Waals surface area contributed by atoms with Crippen LogP contribution in [0.3, 0.4) is 0 Å². The molecule has 1 atom stereocenters. The Labute approximate surface area is 123 Å². The average Bonchev–Trinajstić information content (AvgIpc) is 2.54. The average molecular weight is 282 g/mol. The van der Waals surface area contributed by atoms with E-state index in [1.54, 1.807) is 0 Å². The zero-order chi connectivity index (χ0) is 15.3. The molecule has 20 heavy (non-hydrogen) atoms. The maximum atomic E-state index is 12.9. The summed E-state index contributed by atoms with van der Waals surface area (Å²) in [5, 5.41) is 2.90. The Morgan fingerprint density at radius 3 is 2.20 bits per heavy atom. The van der Waals surface area contributed by atoms with Gasteiger partial charge in [0.1, 0.15) is 6.04 Å². The molecule has 116 valence electrons. The van der Waals surface area contributed by atoms with Crippen LogP contribution in [0.15, 0.2) is 0 Å². The Balaban J connectivity index is 3.05. The van der Waals surface area contributed by atoms with E-state index < -0.39 is 0 Å². The van der Waals surface area contributed by atoms with Gasteiger partial charge in [0, 0.05) is 18.5 Å². The Morgan fingerprint density at radius 1 is 1.20 bits per heavy atom. The zero-order valence-electron chi connectivity index (χ0n) is 13.7. The van der Waals surface area contributed by atoms with Crippen LogP contribution in [0.1, 0.15) is 66.7 Å². The fourth-order valence-corrected chi connectivity index (χ4v) is 3.26. The molecule has 0 radical (unpaired) electrons. The standard InChI is InChI=1S/C16H30N2O2/c1-6-16(7-2,8-3)18-10-9-14(19)17-13(15(18)20)11-12(4)5/h12-13H,6-11H2,1-5H3,(H,17,19). The fraction of sp³-hybridized carbons (Fsp3) is 0.875. The summed E-state index contributed by atoms with van der Waals surface area (Å²) >= 11 is 0. The molecule has 1 aliphatic heterocycles. The highest BCUT2D eigenvalue weighted by Crippen LogP contribution is 2.30. The van der Waals surface area contributed by atoms with Crippen LogP contribution < -0.4 is 5.32 Å². The lowest BCUT2D eigenvalue weighted by atomic mass is 9.86. The monoisotopic (exact) mass is 282 g/mol. The van der Waals surface area contributed by atoms with Crippen LogP contribution >= 0.6 is 0 Å². The largest absolute Gasteiger partial charge is 0.344 e. The Bertz CT molecular complexity index is 340. The van der Waals surface area contributed by atoms with Crippen molar-refractivity contribution in [3.63, 3.8) is 0 Å². The first kappa shape index (κ1) is 17.0. The van der Waals surface area contributed by atoms with E-state index in [1.807, 2.05) is 4.90 Å². The smallest absolute Gasteiger partial charge is 0.245 e. The summed E-state index contributed by atoms with van der Waals surface area (Å²) in [4.78, 5) is 26.7. The molecule has 1 saturated heterocycles. The molecule has 1 fully saturated rings. The molecule has 0 bridgehead atoms. The SMILES string of the molecule is CCC(CC)(CC)N1CCC(=O)NC(CC(C)C)C1=O. The van der Waals surface area contributed by atoms with E-state index in [4.69, 9.17) is 0 Å². The van der Waals surface area contributed by atoms with Crippen LogP contribution in [0.2, 0.25) is 0 Å². The first-order valence-electron chi connectivity index (χ1n) is 8.01. The van der Waals surface area contributed by atoms with Crippen molar-refractivity contribution in [1.29, 1.82) is 0 Å². The number of amides is 2. The summed E-state index contributed by atoms with van der Waals surface area (Å²) < 4.78 is 0. The van der Waals surface area contributed by atoms with Gasteiger partial charge in [-0.15, -0.1) is 0 Å². The third kappa shape index (κ3) is 3.53. The molecule has 0 aromatic carbocycles. The van der Waals surface area contributed by atoms with Crippen LogP contribution in [0.4, 0.5) is 0 Å². The van der Waals surface area contributed by atoms with Crippen LogP contribution in [0.5, 0.6) is 0 Å². The predicted octanol–water partition coefficient (Wildman–Crippen LogP) is 2.72. The summed E-state index contributed by atoms with van der Waals surface area (Å²) in [5.41, 5.74) is -0.0986. The molecule has 1 N–H and O–H groups in total. The molecule has 1 heterocycles. The Kier molecular flexibility index (Phi) is 6.03. The van der Waals surface area contributed by atoms with Crippen molar-refractivity contribution in [3.05, 3.63) is 0 Å². The molecule has 0 aromatic rings. The van der Waals surface area contributed by atoms with E-state index in [-0.39, 0.29) is 23.4 Å². The second kappa shape index (κ2) is 7.09. The molecule has 0 saturated carbocycles. The number of hydrogen-bond acceptors (Lipinski definition) is 2. The van der Waals surface area contributed by atoms with Crippen molar-refractivity contribution >= 4 is 11.8 Å². The maximum Gasteiger partial charge on any atom is 0.245 e. The van der Waals surface area contributed by atoms with Crippen molar-refractivity contribution in [3.8, 4) is 0 Å². The van der Waals surface area contributed by atoms with E-state index in [0.29, 0.717) is 25.3 Å². The summed E-state index contributed by atoms with van der Waals surface area (Å²) in [5.74, 6) is 0.502. The lowest BCUT2D eigenvalue weighted by molar-refractivity contribution is -0.140. The minimum Gasteiger partial charge on any atom is -0.344 e. The first-order valence-corrected chi connectivity index (χ1v) is 8.01. The van der Waals surface area contributed by atoms with Crippen molar-refractivity contribution in [2.24, 2.45) is 5.92 Å². The number of nitrogens with one attached hydrogen (secondary N) is 1. The molecule has 0 aromatic heterocycles. The van der Waals surface area contributed by atoms with Crippen LogP contribution in [-0.4, -0.2) is 34.8 Å². The van der Waals surface area contributed by atoms with Gasteiger partial charge >= 0.3 is 0 Å². The topological polar surface area (TPSA) is 49.4 Å². The third-order valence-corrected chi connectivity index (χ3v) is 4.72. The van der Waals surface area contributed by atoms with Crippen LogP contribution in [0.25, 0.3) is 0 Å². The molecular weight excluding hydrogens is 252 g/mol. The quantitative estimate of drug-likeness (QED) is 0.814. The molecule has 0 spiro atoms. The number of hydrogen-bond donors (Lipinski definition) is 1. The van der Waals surface area contributed by atoms with Crippen LogP contribution in [0, 0.1) is 5.92 Å². The molecule has 1 unspecified atom stereocenters. The van der Waals surface area contributed by atoms with E-state index in [0.717, 1.165) is 19.3 Å². The summed E-state index contributed by atoms with van der Waals surface area (Å²) in [7, 11) is 0. The van der Waals surface area contributed by atoms with Crippen LogP contribution in [-0.2, 0) is 9.59 Å². The number of nitrogens with zero attached hydrogens (tertiary/aromatic N) is 1. The second-order valence-corrected chi connectivity index (χ2v) is 6.27. The summed E-state index contributed by atoms with van der Waals surface area (Å²) in [6.45, 7) is 11.1. The molecule has 1 rings (SSSR count). The number of rotatable bonds is 6. The van der Waals surface area contributed by atoms with Gasteiger partial charge in [0.25, 0.3) is 0 Å². The number of carbonyl (C=O) groups excluding carboxylic acids is 2. The van der Waals surface area contributed by atoms with E-state index in [9.17, 15) is 9.59 Å². The highest BCUT2D eigenvalue weighted by molar-refractivity contribution is 5.90.